The molecule has 2 amide bonds. The molecular weight excluding hydrogens is 322 g/mol. The van der Waals surface area contributed by atoms with Crippen molar-refractivity contribution in [2.45, 2.75) is 39.5 Å². The molecule has 2 fully saturated rings. The number of carbonyl (C=O) groups excluding carboxylic acids is 2. The minimum Gasteiger partial charge on any atom is -0.435 e. The molecule has 2 aliphatic heterocycles. The zero-order valence-electron chi connectivity index (χ0n) is 15.3. The Morgan fingerprint density at radius 2 is 2.16 bits per heavy atom. The molecule has 0 aromatic carbocycles. The van der Waals surface area contributed by atoms with E-state index >= 15 is 0 Å². The van der Waals surface area contributed by atoms with E-state index in [1.54, 1.807) is 18.9 Å². The second-order valence-corrected chi connectivity index (χ2v) is 7.02. The molecule has 7 nitrogen and oxygen atoms in total. The Labute approximate surface area is 148 Å². The first kappa shape index (κ1) is 17.9. The van der Waals surface area contributed by atoms with E-state index < -0.39 is 5.41 Å². The summed E-state index contributed by atoms with van der Waals surface area (Å²) in [7, 11) is 1.64. The van der Waals surface area contributed by atoms with E-state index in [4.69, 9.17) is 9.15 Å². The minimum absolute atomic E-state index is 0.150. The highest BCUT2D eigenvalue weighted by molar-refractivity contribution is 5.94. The summed E-state index contributed by atoms with van der Waals surface area (Å²) in [6, 6.07) is 0. The number of aromatic nitrogens is 1. The van der Waals surface area contributed by atoms with Gasteiger partial charge in [-0.15, -0.1) is 0 Å². The second kappa shape index (κ2) is 7.15. The lowest BCUT2D eigenvalue weighted by Crippen LogP contribution is -2.51. The number of aryl methyl sites for hydroxylation is 2. The van der Waals surface area contributed by atoms with Crippen molar-refractivity contribution >= 4 is 11.8 Å². The summed E-state index contributed by atoms with van der Waals surface area (Å²) in [5.74, 6) is 0.903. The number of hydrogen-bond acceptors (Lipinski definition) is 5. The maximum atomic E-state index is 13.0. The molecule has 0 bridgehead atoms. The lowest BCUT2D eigenvalue weighted by atomic mass is 9.78. The van der Waals surface area contributed by atoms with Crippen molar-refractivity contribution < 1.29 is 18.7 Å². The molecule has 0 aliphatic carbocycles. The Morgan fingerprint density at radius 1 is 1.36 bits per heavy atom. The molecular formula is C18H27N3O4. The number of amides is 2. The largest absolute Gasteiger partial charge is 0.435 e. The number of ether oxygens (including phenoxy) is 1. The highest BCUT2D eigenvalue weighted by Gasteiger charge is 2.49. The van der Waals surface area contributed by atoms with Crippen LogP contribution in [-0.2, 0) is 16.0 Å². The van der Waals surface area contributed by atoms with Gasteiger partial charge in [-0.2, -0.15) is 0 Å². The average Bonchev–Trinajstić information content (AvgIpc) is 3.20. The molecule has 1 aromatic rings. The number of likely N-dealkylation sites (tertiary alicyclic amines) is 2. The highest BCUT2D eigenvalue weighted by atomic mass is 16.5. The van der Waals surface area contributed by atoms with Gasteiger partial charge >= 0.3 is 0 Å². The maximum absolute atomic E-state index is 13.0. The Morgan fingerprint density at radius 3 is 2.84 bits per heavy atom. The van der Waals surface area contributed by atoms with Crippen LogP contribution >= 0.6 is 0 Å². The van der Waals surface area contributed by atoms with Gasteiger partial charge in [0.1, 0.15) is 0 Å². The van der Waals surface area contributed by atoms with Crippen molar-refractivity contribution in [3.8, 4) is 0 Å². The normalized spacial score (nSPS) is 23.7. The third-order valence-electron chi connectivity index (χ3n) is 5.37. The van der Waals surface area contributed by atoms with Crippen LogP contribution in [0.5, 0.6) is 0 Å². The summed E-state index contributed by atoms with van der Waals surface area (Å²) in [6.07, 6.45) is 3.19. The summed E-state index contributed by atoms with van der Waals surface area (Å²) in [4.78, 5) is 33.7. The van der Waals surface area contributed by atoms with Gasteiger partial charge in [0.15, 0.2) is 5.89 Å². The van der Waals surface area contributed by atoms with Gasteiger partial charge in [-0.05, 0) is 26.2 Å². The molecule has 1 spiro atoms. The predicted octanol–water partition coefficient (Wildman–Crippen LogP) is 1.65. The van der Waals surface area contributed by atoms with E-state index in [2.05, 4.69) is 4.98 Å². The average molecular weight is 349 g/mol. The van der Waals surface area contributed by atoms with Gasteiger partial charge in [-0.25, -0.2) is 4.98 Å². The number of nitrogens with zero attached hydrogens (tertiary/aromatic N) is 3. The SMILES string of the molecule is CCc1nc(C)c(C(=O)N2CCC3(CCCN(CCOC)C3=O)C2)o1. The van der Waals surface area contributed by atoms with Crippen LogP contribution in [0.2, 0.25) is 0 Å². The minimum atomic E-state index is -0.441. The number of carbonyl (C=O) groups is 2. The molecule has 138 valence electrons. The van der Waals surface area contributed by atoms with Crippen LogP contribution in [0.4, 0.5) is 0 Å². The molecule has 3 rings (SSSR count). The summed E-state index contributed by atoms with van der Waals surface area (Å²) < 4.78 is 10.7. The standard InChI is InChI=1S/C18H27N3O4/c1-4-14-19-13(2)15(25-14)16(22)21-9-7-18(12-21)6-5-8-20(17(18)23)10-11-24-3/h4-12H2,1-3H3. The van der Waals surface area contributed by atoms with E-state index in [0.717, 1.165) is 25.8 Å². The summed E-state index contributed by atoms with van der Waals surface area (Å²) in [6.45, 7) is 6.73. The number of piperidine rings is 1. The van der Waals surface area contributed by atoms with Crippen molar-refractivity contribution in [1.82, 2.24) is 14.8 Å². The number of hydrogen-bond donors (Lipinski definition) is 0. The molecule has 1 atom stereocenters. The first-order valence-corrected chi connectivity index (χ1v) is 9.04. The van der Waals surface area contributed by atoms with Gasteiger partial charge < -0.3 is 19.0 Å². The first-order chi connectivity index (χ1) is 12.0. The lowest BCUT2D eigenvalue weighted by Gasteiger charge is -2.39. The molecule has 2 saturated heterocycles. The van der Waals surface area contributed by atoms with E-state index in [1.807, 2.05) is 11.8 Å². The van der Waals surface area contributed by atoms with E-state index in [-0.39, 0.29) is 11.8 Å². The van der Waals surface area contributed by atoms with Crippen molar-refractivity contribution in [2.75, 3.05) is 39.9 Å². The summed E-state index contributed by atoms with van der Waals surface area (Å²) in [5.41, 5.74) is 0.183. The summed E-state index contributed by atoms with van der Waals surface area (Å²) in [5, 5.41) is 0. The fourth-order valence-corrected chi connectivity index (χ4v) is 3.94. The summed E-state index contributed by atoms with van der Waals surface area (Å²) >= 11 is 0. The second-order valence-electron chi connectivity index (χ2n) is 7.02. The Bertz CT molecular complexity index is 657. The Balaban J connectivity index is 1.72. The van der Waals surface area contributed by atoms with Gasteiger partial charge in [-0.3, -0.25) is 9.59 Å². The van der Waals surface area contributed by atoms with Crippen LogP contribution in [-0.4, -0.2) is 66.5 Å². The van der Waals surface area contributed by atoms with E-state index in [0.29, 0.717) is 50.0 Å². The smallest absolute Gasteiger partial charge is 0.291 e. The first-order valence-electron chi connectivity index (χ1n) is 9.04. The zero-order valence-corrected chi connectivity index (χ0v) is 15.3. The topological polar surface area (TPSA) is 75.9 Å². The number of oxazole rings is 1. The highest BCUT2D eigenvalue weighted by Crippen LogP contribution is 2.40. The lowest BCUT2D eigenvalue weighted by molar-refractivity contribution is -0.146. The molecule has 1 aromatic heterocycles. The third-order valence-corrected chi connectivity index (χ3v) is 5.37. The monoisotopic (exact) mass is 349 g/mol. The zero-order chi connectivity index (χ0) is 18.0. The van der Waals surface area contributed by atoms with Crippen LogP contribution in [0.3, 0.4) is 0 Å². The molecule has 3 heterocycles. The van der Waals surface area contributed by atoms with Crippen LogP contribution in [0.15, 0.2) is 4.42 Å². The molecule has 1 unspecified atom stereocenters. The van der Waals surface area contributed by atoms with Crippen LogP contribution in [0.1, 0.15) is 48.3 Å². The van der Waals surface area contributed by atoms with Crippen LogP contribution in [0.25, 0.3) is 0 Å². The van der Waals surface area contributed by atoms with Crippen LogP contribution in [0, 0.1) is 12.3 Å². The van der Waals surface area contributed by atoms with Gasteiger partial charge in [0, 0.05) is 39.7 Å². The number of methoxy groups -OCH3 is 1. The third kappa shape index (κ3) is 3.29. The number of rotatable bonds is 5. The predicted molar refractivity (Wildman–Crippen MR) is 91.3 cm³/mol. The van der Waals surface area contributed by atoms with Crippen molar-refractivity contribution in [2.24, 2.45) is 5.41 Å². The van der Waals surface area contributed by atoms with Gasteiger partial charge in [-0.1, -0.05) is 6.92 Å². The van der Waals surface area contributed by atoms with Gasteiger partial charge in [0.05, 0.1) is 17.7 Å². The van der Waals surface area contributed by atoms with Crippen LogP contribution < -0.4 is 0 Å². The van der Waals surface area contributed by atoms with Crippen molar-refractivity contribution in [3.05, 3.63) is 17.3 Å². The van der Waals surface area contributed by atoms with Crippen molar-refractivity contribution in [1.29, 1.82) is 0 Å². The van der Waals surface area contributed by atoms with E-state index in [1.165, 1.54) is 0 Å². The van der Waals surface area contributed by atoms with E-state index in [9.17, 15) is 9.59 Å². The molecule has 0 radical (unpaired) electrons. The Kier molecular flexibility index (Phi) is 5.13. The molecule has 7 heteroatoms. The quantitative estimate of drug-likeness (QED) is 0.808. The molecule has 25 heavy (non-hydrogen) atoms. The molecule has 0 saturated carbocycles. The molecule has 0 N–H and O–H groups in total. The van der Waals surface area contributed by atoms with Gasteiger partial charge in [0.2, 0.25) is 11.7 Å². The molecule has 2 aliphatic rings. The Hall–Kier alpha value is -1.89. The maximum Gasteiger partial charge on any atom is 0.291 e. The van der Waals surface area contributed by atoms with Crippen molar-refractivity contribution in [3.63, 3.8) is 0 Å². The fraction of sp³-hybridized carbons (Fsp3) is 0.722. The fourth-order valence-electron chi connectivity index (χ4n) is 3.94. The van der Waals surface area contributed by atoms with Gasteiger partial charge in [0.25, 0.3) is 5.91 Å².